The zero-order chi connectivity index (χ0) is 23.4. The van der Waals surface area contributed by atoms with E-state index in [1.165, 1.54) is 6.92 Å². The molecule has 1 aromatic rings. The van der Waals surface area contributed by atoms with Crippen molar-refractivity contribution in [1.29, 1.82) is 0 Å². The topological polar surface area (TPSA) is 88.3 Å². The highest BCUT2D eigenvalue weighted by Gasteiger charge is 2.59. The minimum Gasteiger partial charge on any atom is -0.352 e. The van der Waals surface area contributed by atoms with Crippen molar-refractivity contribution in [3.63, 3.8) is 0 Å². The first-order chi connectivity index (χ1) is 14.2. The van der Waals surface area contributed by atoms with Crippen LogP contribution < -0.4 is 11.1 Å². The molecule has 31 heavy (non-hydrogen) atoms. The number of piperazine rings is 1. The Balaban J connectivity index is 2.13. The van der Waals surface area contributed by atoms with Crippen LogP contribution in [0.4, 0.5) is 31.1 Å². The number of carbonyl (C=O) groups excluding carboxylic acids is 2. The van der Waals surface area contributed by atoms with Gasteiger partial charge >= 0.3 is 18.4 Å². The van der Waals surface area contributed by atoms with E-state index in [0.29, 0.717) is 0 Å². The average molecular weight is 473 g/mol. The van der Waals surface area contributed by atoms with Crippen molar-refractivity contribution in [3.8, 4) is 0 Å². The van der Waals surface area contributed by atoms with Crippen molar-refractivity contribution in [2.24, 2.45) is 17.6 Å². The summed E-state index contributed by atoms with van der Waals surface area (Å²) in [4.78, 5) is 29.5. The van der Waals surface area contributed by atoms with Gasteiger partial charge in [0.25, 0.3) is 0 Å². The number of amides is 3. The van der Waals surface area contributed by atoms with Gasteiger partial charge < -0.3 is 16.0 Å². The number of hydrogen-bond acceptors (Lipinski definition) is 3. The molecule has 3 N–H and O–H groups in total. The van der Waals surface area contributed by atoms with E-state index in [-0.39, 0.29) is 18.8 Å². The van der Waals surface area contributed by atoms with Crippen LogP contribution in [0.15, 0.2) is 12.1 Å². The number of halogens is 7. The van der Waals surface area contributed by atoms with Gasteiger partial charge in [0.2, 0.25) is 5.91 Å². The lowest BCUT2D eigenvalue weighted by atomic mass is 9.60. The zero-order valence-electron chi connectivity index (χ0n) is 16.1. The first-order valence-electron chi connectivity index (χ1n) is 9.33. The molecule has 1 aliphatic heterocycles. The second kappa shape index (κ2) is 7.72. The molecule has 2 fully saturated rings. The smallest absolute Gasteiger partial charge is 0.352 e. The van der Waals surface area contributed by atoms with Crippen molar-refractivity contribution in [1.82, 2.24) is 15.2 Å². The van der Waals surface area contributed by atoms with Crippen LogP contribution in [0.2, 0.25) is 5.02 Å². The predicted molar refractivity (Wildman–Crippen MR) is 97.0 cm³/mol. The number of nitrogens with zero attached hydrogens (tertiary/aromatic N) is 2. The van der Waals surface area contributed by atoms with E-state index in [2.05, 4.69) is 10.3 Å². The molecule has 6 nitrogen and oxygen atoms in total. The summed E-state index contributed by atoms with van der Waals surface area (Å²) < 4.78 is 79.4. The van der Waals surface area contributed by atoms with Crippen LogP contribution >= 0.6 is 11.6 Å². The number of rotatable bonds is 3. The van der Waals surface area contributed by atoms with E-state index in [0.717, 1.165) is 17.0 Å². The zero-order valence-corrected chi connectivity index (χ0v) is 16.9. The Morgan fingerprint density at radius 3 is 2.42 bits per heavy atom. The van der Waals surface area contributed by atoms with Crippen molar-refractivity contribution >= 4 is 23.5 Å². The quantitative estimate of drug-likeness (QED) is 0.658. The monoisotopic (exact) mass is 472 g/mol. The highest BCUT2D eigenvalue weighted by atomic mass is 35.5. The average Bonchev–Trinajstić information content (AvgIpc) is 2.58. The molecular formula is C18H19ClF6N4O2. The van der Waals surface area contributed by atoms with Gasteiger partial charge in [0.15, 0.2) is 5.69 Å². The Bertz CT molecular complexity index is 887. The SMILES string of the molecule is CC1([C@@H](c2ccc(Cl)c(C(F)(F)F)n2)[C@H]2C[C@@H](C(F)(F)F)C2)C(=O)NCCN1C(N)=O. The second-order valence-corrected chi connectivity index (χ2v) is 8.31. The predicted octanol–water partition coefficient (Wildman–Crippen LogP) is 3.70. The Kier molecular flexibility index (Phi) is 5.83. The number of alkyl halides is 6. The van der Waals surface area contributed by atoms with E-state index in [1.807, 2.05) is 0 Å². The van der Waals surface area contributed by atoms with Gasteiger partial charge in [-0.05, 0) is 37.8 Å². The summed E-state index contributed by atoms with van der Waals surface area (Å²) in [5.41, 5.74) is 1.86. The van der Waals surface area contributed by atoms with Gasteiger partial charge in [-0.3, -0.25) is 4.79 Å². The molecule has 0 aromatic carbocycles. The maximum Gasteiger partial charge on any atom is 0.434 e. The lowest BCUT2D eigenvalue weighted by Gasteiger charge is -2.52. The molecule has 3 amide bonds. The molecule has 3 rings (SSSR count). The first-order valence-corrected chi connectivity index (χ1v) is 9.71. The van der Waals surface area contributed by atoms with E-state index < -0.39 is 71.1 Å². The summed E-state index contributed by atoms with van der Waals surface area (Å²) in [5.74, 6) is -4.52. The van der Waals surface area contributed by atoms with Gasteiger partial charge in [0.1, 0.15) is 5.54 Å². The number of carbonyl (C=O) groups is 2. The van der Waals surface area contributed by atoms with Gasteiger partial charge in [-0.2, -0.15) is 26.3 Å². The number of primary amides is 1. The molecule has 1 saturated carbocycles. The third kappa shape index (κ3) is 4.13. The summed E-state index contributed by atoms with van der Waals surface area (Å²) >= 11 is 5.63. The van der Waals surface area contributed by atoms with Gasteiger partial charge in [-0.15, -0.1) is 0 Å². The third-order valence-electron chi connectivity index (χ3n) is 6.08. The number of nitrogens with two attached hydrogens (primary N) is 1. The summed E-state index contributed by atoms with van der Waals surface area (Å²) in [6, 6.07) is 1.05. The lowest BCUT2D eigenvalue weighted by Crippen LogP contribution is -2.69. The molecule has 1 unspecified atom stereocenters. The Labute approximate surface area is 178 Å². The fourth-order valence-corrected chi connectivity index (χ4v) is 4.69. The van der Waals surface area contributed by atoms with Crippen LogP contribution in [0.5, 0.6) is 0 Å². The van der Waals surface area contributed by atoms with Crippen LogP contribution in [-0.2, 0) is 11.0 Å². The standard InChI is InChI=1S/C18H19ClF6N4O2/c1-16(14(30)27-4-5-29(16)15(26)31)12(8-6-9(7-8)17(20,21)22)11-3-2-10(19)13(28-11)18(23,24)25/h2-3,8-9,12H,4-7H2,1H3,(H2,26,31)(H,27,30)/t8-,9+,12-,16?/m1/s1. The molecule has 2 aliphatic rings. The van der Waals surface area contributed by atoms with E-state index in [1.54, 1.807) is 0 Å². The molecule has 2 heterocycles. The molecule has 0 radical (unpaired) electrons. The molecule has 13 heteroatoms. The van der Waals surface area contributed by atoms with Crippen LogP contribution in [0.1, 0.15) is 37.1 Å². The van der Waals surface area contributed by atoms with Gasteiger partial charge in [0.05, 0.1) is 10.9 Å². The van der Waals surface area contributed by atoms with Gasteiger partial charge in [-0.1, -0.05) is 11.6 Å². The van der Waals surface area contributed by atoms with E-state index in [9.17, 15) is 35.9 Å². The normalized spacial score (nSPS) is 28.0. The summed E-state index contributed by atoms with van der Waals surface area (Å²) in [6.07, 6.45) is -10.2. The molecule has 1 aromatic heterocycles. The fourth-order valence-electron chi connectivity index (χ4n) is 4.48. The highest BCUT2D eigenvalue weighted by molar-refractivity contribution is 6.31. The molecule has 0 bridgehead atoms. The molecule has 1 saturated heterocycles. The molecular weight excluding hydrogens is 454 g/mol. The number of hydrogen-bond donors (Lipinski definition) is 2. The van der Waals surface area contributed by atoms with Crippen molar-refractivity contribution in [2.45, 2.75) is 43.6 Å². The minimum absolute atomic E-state index is 0.0434. The summed E-state index contributed by atoms with van der Waals surface area (Å²) in [6.45, 7) is 1.27. The minimum atomic E-state index is -4.93. The second-order valence-electron chi connectivity index (χ2n) is 7.91. The third-order valence-corrected chi connectivity index (χ3v) is 6.38. The Morgan fingerprint density at radius 2 is 1.90 bits per heavy atom. The molecule has 2 atom stereocenters. The Morgan fingerprint density at radius 1 is 1.29 bits per heavy atom. The number of pyridine rings is 1. The van der Waals surface area contributed by atoms with Crippen molar-refractivity contribution in [3.05, 3.63) is 28.5 Å². The van der Waals surface area contributed by atoms with Gasteiger partial charge in [-0.25, -0.2) is 9.78 Å². The first kappa shape index (κ1) is 23.4. The van der Waals surface area contributed by atoms with Gasteiger partial charge in [0, 0.05) is 24.7 Å². The molecule has 172 valence electrons. The van der Waals surface area contributed by atoms with Crippen LogP contribution in [0.25, 0.3) is 0 Å². The maximum atomic E-state index is 13.4. The van der Waals surface area contributed by atoms with E-state index >= 15 is 0 Å². The van der Waals surface area contributed by atoms with Crippen LogP contribution in [0, 0.1) is 11.8 Å². The van der Waals surface area contributed by atoms with E-state index in [4.69, 9.17) is 17.3 Å². The largest absolute Gasteiger partial charge is 0.434 e. The molecule has 0 spiro atoms. The molecule has 1 aliphatic carbocycles. The number of aromatic nitrogens is 1. The maximum absolute atomic E-state index is 13.4. The van der Waals surface area contributed by atoms with Crippen molar-refractivity contribution < 1.29 is 35.9 Å². The van der Waals surface area contributed by atoms with Crippen molar-refractivity contribution in [2.75, 3.05) is 13.1 Å². The summed E-state index contributed by atoms with van der Waals surface area (Å²) in [5, 5.41) is 1.83. The lowest BCUT2D eigenvalue weighted by molar-refractivity contribution is -0.209. The van der Waals surface area contributed by atoms with Crippen LogP contribution in [-0.4, -0.2) is 46.6 Å². The Hall–Kier alpha value is -2.24. The number of nitrogens with one attached hydrogen (secondary N) is 1. The number of urea groups is 1. The van der Waals surface area contributed by atoms with Crippen LogP contribution in [0.3, 0.4) is 0 Å². The highest BCUT2D eigenvalue weighted by Crippen LogP contribution is 2.54. The fraction of sp³-hybridized carbons (Fsp3) is 0.611. The summed E-state index contributed by atoms with van der Waals surface area (Å²) in [7, 11) is 0.